The number of aromatic nitrogens is 1. The molecule has 1 aromatic heterocycles. The number of hydrogen-bond donors (Lipinski definition) is 0. The highest BCUT2D eigenvalue weighted by molar-refractivity contribution is 6.30. The first kappa shape index (κ1) is 15.6. The Morgan fingerprint density at radius 1 is 1.45 bits per heavy atom. The van der Waals surface area contributed by atoms with Crippen LogP contribution in [0.15, 0.2) is 30.5 Å². The van der Waals surface area contributed by atoms with Gasteiger partial charge < -0.3 is 9.47 Å². The normalized spacial score (nSPS) is 10.1. The van der Waals surface area contributed by atoms with E-state index in [0.717, 1.165) is 25.4 Å². The fraction of sp³-hybridized carbons (Fsp3) is 0.0769. The zero-order chi connectivity index (χ0) is 16.3. The lowest BCUT2D eigenvalue weighted by molar-refractivity contribution is -0.386. The molecule has 0 aliphatic carbocycles. The number of methoxy groups -OCH3 is 1. The summed E-state index contributed by atoms with van der Waals surface area (Å²) in [5.74, 6) is -2.55. The van der Waals surface area contributed by atoms with Gasteiger partial charge in [-0.25, -0.2) is 14.2 Å². The molecule has 114 valence electrons. The number of carbonyl (C=O) groups is 1. The van der Waals surface area contributed by atoms with Crippen molar-refractivity contribution in [2.75, 3.05) is 7.11 Å². The van der Waals surface area contributed by atoms with Crippen molar-refractivity contribution in [1.29, 1.82) is 0 Å². The zero-order valence-electron chi connectivity index (χ0n) is 11.1. The van der Waals surface area contributed by atoms with Gasteiger partial charge in [-0.15, -0.1) is 0 Å². The van der Waals surface area contributed by atoms with Crippen LogP contribution in [0.25, 0.3) is 0 Å². The van der Waals surface area contributed by atoms with Crippen molar-refractivity contribution in [3.05, 3.63) is 57.0 Å². The Morgan fingerprint density at radius 3 is 2.82 bits per heavy atom. The van der Waals surface area contributed by atoms with Crippen LogP contribution in [0.4, 0.5) is 10.1 Å². The number of rotatable bonds is 4. The molecule has 0 unspecified atom stereocenters. The average Bonchev–Trinajstić information content (AvgIpc) is 2.48. The SMILES string of the molecule is COC(=O)c1c(F)cccc1Oc1ncc(Cl)cc1[N+](=O)[O-]. The number of nitrogens with zero attached hydrogens (tertiary/aromatic N) is 2. The molecule has 1 heterocycles. The van der Waals surface area contributed by atoms with Crippen LogP contribution >= 0.6 is 11.6 Å². The molecule has 0 saturated heterocycles. The summed E-state index contributed by atoms with van der Waals surface area (Å²) in [4.78, 5) is 25.5. The van der Waals surface area contributed by atoms with Crippen LogP contribution in [0.2, 0.25) is 5.02 Å². The molecule has 0 atom stereocenters. The minimum Gasteiger partial charge on any atom is -0.465 e. The van der Waals surface area contributed by atoms with Gasteiger partial charge in [0, 0.05) is 6.07 Å². The van der Waals surface area contributed by atoms with Gasteiger partial charge in [-0.1, -0.05) is 17.7 Å². The fourth-order valence-electron chi connectivity index (χ4n) is 1.62. The first-order valence-corrected chi connectivity index (χ1v) is 6.16. The van der Waals surface area contributed by atoms with Crippen molar-refractivity contribution in [1.82, 2.24) is 4.98 Å². The summed E-state index contributed by atoms with van der Waals surface area (Å²) in [6.07, 6.45) is 1.13. The summed E-state index contributed by atoms with van der Waals surface area (Å²) in [6.45, 7) is 0. The molecular formula is C13H8ClFN2O5. The molecule has 0 spiro atoms. The lowest BCUT2D eigenvalue weighted by atomic mass is 10.2. The van der Waals surface area contributed by atoms with E-state index < -0.39 is 33.8 Å². The molecular weight excluding hydrogens is 319 g/mol. The quantitative estimate of drug-likeness (QED) is 0.486. The summed E-state index contributed by atoms with van der Waals surface area (Å²) >= 11 is 5.64. The van der Waals surface area contributed by atoms with Gasteiger partial charge in [0.15, 0.2) is 0 Å². The number of pyridine rings is 1. The number of benzene rings is 1. The molecule has 0 fully saturated rings. The van der Waals surface area contributed by atoms with Crippen molar-refractivity contribution >= 4 is 23.3 Å². The number of hydrogen-bond acceptors (Lipinski definition) is 6. The van der Waals surface area contributed by atoms with E-state index in [1.165, 1.54) is 12.1 Å². The van der Waals surface area contributed by atoms with E-state index in [-0.39, 0.29) is 10.8 Å². The summed E-state index contributed by atoms with van der Waals surface area (Å²) in [6, 6.07) is 4.60. The number of halogens is 2. The standard InChI is InChI=1S/C13H8ClFN2O5/c1-21-13(18)11-8(15)3-2-4-10(11)22-12-9(17(19)20)5-7(14)6-16-12/h2-6H,1H3. The first-order valence-electron chi connectivity index (χ1n) is 5.78. The van der Waals surface area contributed by atoms with Gasteiger partial charge in [0.1, 0.15) is 17.1 Å². The third kappa shape index (κ3) is 3.12. The topological polar surface area (TPSA) is 91.6 Å². The third-order valence-electron chi connectivity index (χ3n) is 2.57. The zero-order valence-corrected chi connectivity index (χ0v) is 11.8. The Labute approximate surface area is 128 Å². The minimum atomic E-state index is -0.982. The lowest BCUT2D eigenvalue weighted by Crippen LogP contribution is -2.07. The second-order valence-corrected chi connectivity index (χ2v) is 4.38. The second kappa shape index (κ2) is 6.35. The maximum Gasteiger partial charge on any atom is 0.344 e. The van der Waals surface area contributed by atoms with Crippen molar-refractivity contribution in [2.45, 2.75) is 0 Å². The first-order chi connectivity index (χ1) is 10.4. The van der Waals surface area contributed by atoms with E-state index >= 15 is 0 Å². The minimum absolute atomic E-state index is 0.0338. The van der Waals surface area contributed by atoms with Gasteiger partial charge in [-0.05, 0) is 12.1 Å². The summed E-state index contributed by atoms with van der Waals surface area (Å²) in [7, 11) is 1.07. The van der Waals surface area contributed by atoms with Gasteiger partial charge in [-0.2, -0.15) is 0 Å². The van der Waals surface area contributed by atoms with Crippen LogP contribution in [0.5, 0.6) is 11.6 Å². The second-order valence-electron chi connectivity index (χ2n) is 3.94. The van der Waals surface area contributed by atoms with Gasteiger partial charge in [-0.3, -0.25) is 10.1 Å². The summed E-state index contributed by atoms with van der Waals surface area (Å²) < 4.78 is 23.4. The molecule has 2 aromatic rings. The maximum absolute atomic E-state index is 13.8. The van der Waals surface area contributed by atoms with Crippen molar-refractivity contribution in [3.8, 4) is 11.6 Å². The van der Waals surface area contributed by atoms with E-state index in [1.54, 1.807) is 0 Å². The van der Waals surface area contributed by atoms with Gasteiger partial charge in [0.2, 0.25) is 0 Å². The predicted molar refractivity (Wildman–Crippen MR) is 73.7 cm³/mol. The molecule has 9 heteroatoms. The number of esters is 1. The largest absolute Gasteiger partial charge is 0.465 e. The van der Waals surface area contributed by atoms with Crippen LogP contribution in [-0.2, 0) is 4.74 Å². The Balaban J connectivity index is 2.51. The molecule has 22 heavy (non-hydrogen) atoms. The molecule has 0 N–H and O–H groups in total. The van der Waals surface area contributed by atoms with Gasteiger partial charge in [0.25, 0.3) is 5.88 Å². The van der Waals surface area contributed by atoms with Crippen LogP contribution in [-0.4, -0.2) is 23.0 Å². The van der Waals surface area contributed by atoms with E-state index in [0.29, 0.717) is 0 Å². The van der Waals surface area contributed by atoms with Crippen LogP contribution < -0.4 is 4.74 Å². The highest BCUT2D eigenvalue weighted by Gasteiger charge is 2.23. The molecule has 0 saturated carbocycles. The molecule has 0 amide bonds. The molecule has 0 radical (unpaired) electrons. The van der Waals surface area contributed by atoms with Gasteiger partial charge in [0.05, 0.1) is 23.3 Å². The molecule has 7 nitrogen and oxygen atoms in total. The molecule has 0 bridgehead atoms. The number of nitro groups is 1. The monoisotopic (exact) mass is 326 g/mol. The van der Waals surface area contributed by atoms with E-state index in [1.807, 2.05) is 0 Å². The van der Waals surface area contributed by atoms with E-state index in [2.05, 4.69) is 9.72 Å². The third-order valence-corrected chi connectivity index (χ3v) is 2.77. The summed E-state index contributed by atoms with van der Waals surface area (Å²) in [5.41, 5.74) is -1.01. The Kier molecular flexibility index (Phi) is 4.52. The van der Waals surface area contributed by atoms with Crippen molar-refractivity contribution < 1.29 is 23.6 Å². The summed E-state index contributed by atoms with van der Waals surface area (Å²) in [5, 5.41) is 11.0. The van der Waals surface area contributed by atoms with E-state index in [4.69, 9.17) is 16.3 Å². The van der Waals surface area contributed by atoms with Crippen LogP contribution in [0.1, 0.15) is 10.4 Å². The fourth-order valence-corrected chi connectivity index (χ4v) is 1.77. The number of ether oxygens (including phenoxy) is 2. The predicted octanol–water partition coefficient (Wildman–Crippen LogP) is 3.36. The highest BCUT2D eigenvalue weighted by atomic mass is 35.5. The van der Waals surface area contributed by atoms with Crippen LogP contribution in [0, 0.1) is 15.9 Å². The highest BCUT2D eigenvalue weighted by Crippen LogP contribution is 2.33. The van der Waals surface area contributed by atoms with Crippen molar-refractivity contribution in [2.24, 2.45) is 0 Å². The number of carbonyl (C=O) groups excluding carboxylic acids is 1. The van der Waals surface area contributed by atoms with Gasteiger partial charge >= 0.3 is 11.7 Å². The van der Waals surface area contributed by atoms with Crippen molar-refractivity contribution in [3.63, 3.8) is 0 Å². The molecule has 1 aromatic carbocycles. The Morgan fingerprint density at radius 2 is 2.18 bits per heavy atom. The lowest BCUT2D eigenvalue weighted by Gasteiger charge is -2.10. The molecule has 2 rings (SSSR count). The maximum atomic E-state index is 13.8. The molecule has 0 aliphatic rings. The molecule has 0 aliphatic heterocycles. The van der Waals surface area contributed by atoms with E-state index in [9.17, 15) is 19.3 Å². The van der Waals surface area contributed by atoms with Crippen LogP contribution in [0.3, 0.4) is 0 Å². The Bertz CT molecular complexity index is 753. The smallest absolute Gasteiger partial charge is 0.344 e. The average molecular weight is 327 g/mol. The Hall–Kier alpha value is -2.74.